The molecule has 2 nitrogen and oxygen atoms in total. The van der Waals surface area contributed by atoms with Crippen molar-refractivity contribution in [3.8, 4) is 0 Å². The SMILES string of the molecule is CCCCCCCCCC.Cl.N.N. The Kier molecular flexibility index (Phi) is 40.7. The highest BCUT2D eigenvalue weighted by atomic mass is 35.5. The van der Waals surface area contributed by atoms with Crippen molar-refractivity contribution in [3.63, 3.8) is 0 Å². The molecule has 0 aromatic rings. The lowest BCUT2D eigenvalue weighted by molar-refractivity contribution is 0.585. The van der Waals surface area contributed by atoms with Gasteiger partial charge in [0.05, 0.1) is 0 Å². The molecule has 0 saturated heterocycles. The molecule has 0 unspecified atom stereocenters. The summed E-state index contributed by atoms with van der Waals surface area (Å²) in [5.74, 6) is 0. The Balaban J connectivity index is -0.000000135. The highest BCUT2D eigenvalue weighted by Crippen LogP contribution is 2.07. The molecule has 0 atom stereocenters. The maximum Gasteiger partial charge on any atom is -0.0533 e. The lowest BCUT2D eigenvalue weighted by Crippen LogP contribution is -1.77. The van der Waals surface area contributed by atoms with Crippen molar-refractivity contribution in [1.29, 1.82) is 0 Å². The number of rotatable bonds is 7. The summed E-state index contributed by atoms with van der Waals surface area (Å²) in [6.45, 7) is 4.54. The maximum atomic E-state index is 2.27. The van der Waals surface area contributed by atoms with Crippen molar-refractivity contribution in [2.24, 2.45) is 0 Å². The quantitative estimate of drug-likeness (QED) is 0.590. The van der Waals surface area contributed by atoms with Crippen molar-refractivity contribution < 1.29 is 0 Å². The Morgan fingerprint density at radius 3 is 1.00 bits per heavy atom. The van der Waals surface area contributed by atoms with Gasteiger partial charge in [0.25, 0.3) is 0 Å². The van der Waals surface area contributed by atoms with E-state index in [2.05, 4.69) is 13.8 Å². The second-order valence-electron chi connectivity index (χ2n) is 3.12. The molecule has 0 aliphatic heterocycles. The summed E-state index contributed by atoms with van der Waals surface area (Å²) < 4.78 is 0. The van der Waals surface area contributed by atoms with Crippen LogP contribution in [0.15, 0.2) is 0 Å². The van der Waals surface area contributed by atoms with Gasteiger partial charge in [0.2, 0.25) is 0 Å². The summed E-state index contributed by atoms with van der Waals surface area (Å²) >= 11 is 0. The minimum absolute atomic E-state index is 0. The van der Waals surface area contributed by atoms with Gasteiger partial charge in [-0.1, -0.05) is 65.2 Å². The average Bonchev–Trinajstić information content (AvgIpc) is 1.97. The Labute approximate surface area is 90.4 Å². The molecule has 0 aromatic heterocycles. The van der Waals surface area contributed by atoms with E-state index >= 15 is 0 Å². The van der Waals surface area contributed by atoms with Gasteiger partial charge in [-0.15, -0.1) is 12.4 Å². The molecule has 0 aliphatic rings. The first-order valence-electron chi connectivity index (χ1n) is 4.91. The summed E-state index contributed by atoms with van der Waals surface area (Å²) in [7, 11) is 0. The van der Waals surface area contributed by atoms with Crippen LogP contribution in [-0.4, -0.2) is 0 Å². The van der Waals surface area contributed by atoms with Gasteiger partial charge in [0.1, 0.15) is 0 Å². The van der Waals surface area contributed by atoms with Gasteiger partial charge in [-0.25, -0.2) is 0 Å². The number of halogens is 1. The maximum absolute atomic E-state index is 2.27. The topological polar surface area (TPSA) is 70.0 Å². The molecule has 0 radical (unpaired) electrons. The zero-order valence-corrected chi connectivity index (χ0v) is 10.3. The van der Waals surface area contributed by atoms with Crippen molar-refractivity contribution >= 4 is 12.4 Å². The summed E-state index contributed by atoms with van der Waals surface area (Å²) in [6.07, 6.45) is 11.5. The molecule has 86 valence electrons. The fourth-order valence-electron chi connectivity index (χ4n) is 1.21. The van der Waals surface area contributed by atoms with Gasteiger partial charge in [-0.2, -0.15) is 0 Å². The van der Waals surface area contributed by atoms with Crippen LogP contribution in [0.5, 0.6) is 0 Å². The molecule has 0 amide bonds. The highest BCUT2D eigenvalue weighted by Gasteiger charge is 1.87. The molecule has 0 fully saturated rings. The van der Waals surface area contributed by atoms with Crippen LogP contribution in [0.25, 0.3) is 0 Å². The van der Waals surface area contributed by atoms with E-state index in [1.807, 2.05) is 0 Å². The van der Waals surface area contributed by atoms with E-state index in [-0.39, 0.29) is 24.7 Å². The Morgan fingerprint density at radius 1 is 0.538 bits per heavy atom. The molecule has 0 aliphatic carbocycles. The first kappa shape index (κ1) is 23.2. The van der Waals surface area contributed by atoms with Crippen molar-refractivity contribution in [2.75, 3.05) is 0 Å². The molecule has 13 heavy (non-hydrogen) atoms. The van der Waals surface area contributed by atoms with Gasteiger partial charge in [-0.3, -0.25) is 0 Å². The van der Waals surface area contributed by atoms with Crippen LogP contribution >= 0.6 is 12.4 Å². The van der Waals surface area contributed by atoms with Gasteiger partial charge >= 0.3 is 0 Å². The molecule has 0 rings (SSSR count). The molecular weight excluding hydrogens is 184 g/mol. The van der Waals surface area contributed by atoms with Gasteiger partial charge in [-0.05, 0) is 0 Å². The highest BCUT2D eigenvalue weighted by molar-refractivity contribution is 5.85. The van der Waals surface area contributed by atoms with Crippen LogP contribution in [0.4, 0.5) is 0 Å². The van der Waals surface area contributed by atoms with Crippen molar-refractivity contribution in [1.82, 2.24) is 12.3 Å². The van der Waals surface area contributed by atoms with Crippen LogP contribution in [0, 0.1) is 0 Å². The number of hydrogen-bond donors (Lipinski definition) is 2. The van der Waals surface area contributed by atoms with Crippen LogP contribution in [-0.2, 0) is 0 Å². The first-order valence-corrected chi connectivity index (χ1v) is 4.91. The number of unbranched alkanes of at least 4 members (excludes halogenated alkanes) is 7. The third-order valence-corrected chi connectivity index (χ3v) is 1.96. The second kappa shape index (κ2) is 22.8. The average molecular weight is 213 g/mol. The van der Waals surface area contributed by atoms with Crippen LogP contribution in [0.1, 0.15) is 65.2 Å². The molecule has 0 bridgehead atoms. The molecule has 0 saturated carbocycles. The van der Waals surface area contributed by atoms with E-state index in [0.717, 1.165) is 0 Å². The lowest BCUT2D eigenvalue weighted by Gasteiger charge is -1.97. The molecule has 0 heterocycles. The summed E-state index contributed by atoms with van der Waals surface area (Å²) in [6, 6.07) is 0. The number of hydrogen-bond acceptors (Lipinski definition) is 2. The van der Waals surface area contributed by atoms with Crippen LogP contribution < -0.4 is 12.3 Å². The van der Waals surface area contributed by atoms with E-state index in [0.29, 0.717) is 0 Å². The monoisotopic (exact) mass is 212 g/mol. The predicted molar refractivity (Wildman–Crippen MR) is 65.6 cm³/mol. The molecule has 3 heteroatoms. The zero-order chi connectivity index (χ0) is 7.66. The summed E-state index contributed by atoms with van der Waals surface area (Å²) in [5, 5.41) is 0. The van der Waals surface area contributed by atoms with E-state index in [1.165, 1.54) is 51.4 Å². The van der Waals surface area contributed by atoms with Crippen LogP contribution in [0.2, 0.25) is 0 Å². The minimum atomic E-state index is 0. The Morgan fingerprint density at radius 2 is 0.769 bits per heavy atom. The predicted octanol–water partition coefficient (Wildman–Crippen LogP) is 4.89. The van der Waals surface area contributed by atoms with Crippen molar-refractivity contribution in [3.05, 3.63) is 0 Å². The Hall–Kier alpha value is 0.210. The second-order valence-corrected chi connectivity index (χ2v) is 3.12. The molecule has 6 N–H and O–H groups in total. The smallest absolute Gasteiger partial charge is 0.0533 e. The molecular formula is C10H29ClN2. The van der Waals surface area contributed by atoms with E-state index in [4.69, 9.17) is 0 Å². The molecule has 0 spiro atoms. The van der Waals surface area contributed by atoms with Gasteiger partial charge < -0.3 is 12.3 Å². The third-order valence-electron chi connectivity index (χ3n) is 1.96. The fraction of sp³-hybridized carbons (Fsp3) is 1.00. The normalized spacial score (nSPS) is 7.85. The van der Waals surface area contributed by atoms with E-state index in [1.54, 1.807) is 0 Å². The standard InChI is InChI=1S/C10H22.ClH.2H3N/c1-3-5-7-9-10-8-6-4-2;;;/h3-10H2,1-2H3;1H;2*1H3. The minimum Gasteiger partial charge on any atom is -0.344 e. The first-order chi connectivity index (χ1) is 4.91. The van der Waals surface area contributed by atoms with E-state index in [9.17, 15) is 0 Å². The summed E-state index contributed by atoms with van der Waals surface area (Å²) in [5.41, 5.74) is 0. The Bertz CT molecular complexity index is 52.9. The van der Waals surface area contributed by atoms with E-state index < -0.39 is 0 Å². The summed E-state index contributed by atoms with van der Waals surface area (Å²) in [4.78, 5) is 0. The van der Waals surface area contributed by atoms with Gasteiger partial charge in [0, 0.05) is 0 Å². The zero-order valence-electron chi connectivity index (χ0n) is 9.48. The fourth-order valence-corrected chi connectivity index (χ4v) is 1.21. The van der Waals surface area contributed by atoms with Crippen molar-refractivity contribution in [2.45, 2.75) is 65.2 Å². The third kappa shape index (κ3) is 24.5. The van der Waals surface area contributed by atoms with Gasteiger partial charge in [0.15, 0.2) is 0 Å². The van der Waals surface area contributed by atoms with Crippen LogP contribution in [0.3, 0.4) is 0 Å². The molecule has 0 aromatic carbocycles. The lowest BCUT2D eigenvalue weighted by atomic mass is 10.1. The largest absolute Gasteiger partial charge is 0.344 e.